The van der Waals surface area contributed by atoms with Crippen LogP contribution in [0.5, 0.6) is 0 Å². The smallest absolute Gasteiger partial charge is 0.155 e. The number of benzene rings is 1. The van der Waals surface area contributed by atoms with Crippen LogP contribution in [0.25, 0.3) is 28.3 Å². The Kier molecular flexibility index (Phi) is 4.74. The Bertz CT molecular complexity index is 1450. The highest BCUT2D eigenvalue weighted by molar-refractivity contribution is 5.77. The molecule has 0 bridgehead atoms. The maximum atomic E-state index is 10.6. The van der Waals surface area contributed by atoms with E-state index in [1.54, 1.807) is 4.52 Å². The molecule has 0 saturated carbocycles. The molecule has 164 valence electrons. The molecule has 0 saturated heterocycles. The lowest BCUT2D eigenvalue weighted by Crippen LogP contribution is -2.28. The zero-order valence-corrected chi connectivity index (χ0v) is 18.1. The number of imidazole rings is 1. The van der Waals surface area contributed by atoms with Crippen LogP contribution in [0.1, 0.15) is 28.7 Å². The standard InChI is InChI=1S/C25H23N7O/c1-15-5-4-8-19(29-15)25-23(17-9-10-22-27-14-28-32(22)13-17)30-21(31-25)12-26-24-18-7-3-2-6-16(18)11-20(24)33/h2-10,13-14,20,24,26,33H,11-12H2,1H3,(H,30,31)/t20-,24-/m1/s1. The van der Waals surface area contributed by atoms with Gasteiger partial charge in [0.05, 0.1) is 30.1 Å². The van der Waals surface area contributed by atoms with Gasteiger partial charge in [0.25, 0.3) is 0 Å². The number of rotatable bonds is 5. The maximum Gasteiger partial charge on any atom is 0.155 e. The van der Waals surface area contributed by atoms with Crippen molar-refractivity contribution in [1.82, 2.24) is 34.9 Å². The van der Waals surface area contributed by atoms with Gasteiger partial charge in [-0.3, -0.25) is 4.98 Å². The summed E-state index contributed by atoms with van der Waals surface area (Å²) in [6.07, 6.45) is 3.68. The molecule has 3 N–H and O–H groups in total. The van der Waals surface area contributed by atoms with E-state index in [9.17, 15) is 5.11 Å². The summed E-state index contributed by atoms with van der Waals surface area (Å²) < 4.78 is 1.74. The van der Waals surface area contributed by atoms with Crippen LogP contribution < -0.4 is 5.32 Å². The van der Waals surface area contributed by atoms with Gasteiger partial charge < -0.3 is 15.4 Å². The lowest BCUT2D eigenvalue weighted by Gasteiger charge is -2.17. The predicted molar refractivity (Wildman–Crippen MR) is 124 cm³/mol. The van der Waals surface area contributed by atoms with Gasteiger partial charge in [-0.15, -0.1) is 0 Å². The minimum absolute atomic E-state index is 0.123. The second-order valence-corrected chi connectivity index (χ2v) is 8.38. The first-order valence-electron chi connectivity index (χ1n) is 11.0. The van der Waals surface area contributed by atoms with Gasteiger partial charge in [0.2, 0.25) is 0 Å². The van der Waals surface area contributed by atoms with Crippen molar-refractivity contribution in [3.63, 3.8) is 0 Å². The first kappa shape index (κ1) is 19.8. The van der Waals surface area contributed by atoms with Crippen molar-refractivity contribution >= 4 is 5.65 Å². The maximum absolute atomic E-state index is 10.6. The molecule has 1 aliphatic carbocycles. The third kappa shape index (κ3) is 3.59. The number of aromatic nitrogens is 6. The number of nitrogens with zero attached hydrogens (tertiary/aromatic N) is 5. The molecule has 1 aliphatic rings. The molecule has 1 aromatic carbocycles. The Balaban J connectivity index is 1.36. The van der Waals surface area contributed by atoms with E-state index < -0.39 is 6.10 Å². The molecular formula is C25H23N7O. The largest absolute Gasteiger partial charge is 0.391 e. The third-order valence-corrected chi connectivity index (χ3v) is 6.14. The summed E-state index contributed by atoms with van der Waals surface area (Å²) >= 11 is 0. The number of aryl methyl sites for hydroxylation is 1. The monoisotopic (exact) mass is 437 g/mol. The summed E-state index contributed by atoms with van der Waals surface area (Å²) in [6.45, 7) is 2.46. The van der Waals surface area contributed by atoms with Crippen LogP contribution in [0.15, 0.2) is 67.1 Å². The van der Waals surface area contributed by atoms with Crippen LogP contribution in [0.4, 0.5) is 0 Å². The highest BCUT2D eigenvalue weighted by Crippen LogP contribution is 2.32. The lowest BCUT2D eigenvalue weighted by molar-refractivity contribution is 0.140. The van der Waals surface area contributed by atoms with Crippen molar-refractivity contribution in [2.75, 3.05) is 0 Å². The zero-order chi connectivity index (χ0) is 22.4. The van der Waals surface area contributed by atoms with Crippen LogP contribution >= 0.6 is 0 Å². The van der Waals surface area contributed by atoms with Gasteiger partial charge in [0.15, 0.2) is 5.65 Å². The molecule has 0 radical (unpaired) electrons. The number of fused-ring (bicyclic) bond motifs is 2. The van der Waals surface area contributed by atoms with E-state index in [-0.39, 0.29) is 6.04 Å². The molecule has 8 heteroatoms. The van der Waals surface area contributed by atoms with Gasteiger partial charge in [0, 0.05) is 23.9 Å². The molecular weight excluding hydrogens is 414 g/mol. The molecule has 4 aromatic heterocycles. The molecule has 4 heterocycles. The summed E-state index contributed by atoms with van der Waals surface area (Å²) in [5, 5.41) is 18.4. The van der Waals surface area contributed by atoms with E-state index in [0.717, 1.165) is 45.4 Å². The lowest BCUT2D eigenvalue weighted by atomic mass is 10.1. The molecule has 0 fully saturated rings. The summed E-state index contributed by atoms with van der Waals surface area (Å²) in [5.41, 5.74) is 7.44. The Hall–Kier alpha value is -3.88. The fourth-order valence-corrected chi connectivity index (χ4v) is 4.57. The molecule has 0 aliphatic heterocycles. The molecule has 33 heavy (non-hydrogen) atoms. The Labute approximate surface area is 190 Å². The van der Waals surface area contributed by atoms with Crippen molar-refractivity contribution in [2.24, 2.45) is 0 Å². The summed E-state index contributed by atoms with van der Waals surface area (Å²) in [7, 11) is 0. The number of pyridine rings is 2. The van der Waals surface area contributed by atoms with Crippen molar-refractivity contribution in [1.29, 1.82) is 0 Å². The van der Waals surface area contributed by atoms with Gasteiger partial charge in [-0.05, 0) is 42.3 Å². The molecule has 0 unspecified atom stereocenters. The summed E-state index contributed by atoms with van der Waals surface area (Å²) in [5.74, 6) is 0.776. The summed E-state index contributed by atoms with van der Waals surface area (Å²) in [6, 6.07) is 17.9. The van der Waals surface area contributed by atoms with Gasteiger partial charge in [0.1, 0.15) is 17.8 Å². The highest BCUT2D eigenvalue weighted by Gasteiger charge is 2.30. The number of aromatic amines is 1. The minimum atomic E-state index is -0.454. The van der Waals surface area contributed by atoms with E-state index in [1.165, 1.54) is 11.9 Å². The highest BCUT2D eigenvalue weighted by atomic mass is 16.3. The van der Waals surface area contributed by atoms with Gasteiger partial charge >= 0.3 is 0 Å². The van der Waals surface area contributed by atoms with Crippen LogP contribution in [-0.4, -0.2) is 40.8 Å². The minimum Gasteiger partial charge on any atom is -0.391 e. The van der Waals surface area contributed by atoms with Gasteiger partial charge in [-0.25, -0.2) is 14.5 Å². The molecule has 5 aromatic rings. The van der Waals surface area contributed by atoms with Crippen molar-refractivity contribution < 1.29 is 5.11 Å². The van der Waals surface area contributed by atoms with Crippen LogP contribution in [0.2, 0.25) is 0 Å². The van der Waals surface area contributed by atoms with E-state index in [4.69, 9.17) is 9.97 Å². The van der Waals surface area contributed by atoms with E-state index in [0.29, 0.717) is 13.0 Å². The zero-order valence-electron chi connectivity index (χ0n) is 18.1. The predicted octanol–water partition coefficient (Wildman–Crippen LogP) is 3.24. The van der Waals surface area contributed by atoms with Crippen LogP contribution in [-0.2, 0) is 13.0 Å². The SMILES string of the molecule is Cc1cccc(-c2nc(CN[C@@H]3c4ccccc4C[C@H]3O)[nH]c2-c2ccc3ncnn3c2)n1. The average Bonchev–Trinajstić information content (AvgIpc) is 3.53. The van der Waals surface area contributed by atoms with Crippen molar-refractivity contribution in [3.8, 4) is 22.6 Å². The average molecular weight is 438 g/mol. The Morgan fingerprint density at radius 3 is 2.91 bits per heavy atom. The Morgan fingerprint density at radius 1 is 1.09 bits per heavy atom. The second-order valence-electron chi connectivity index (χ2n) is 8.38. The third-order valence-electron chi connectivity index (χ3n) is 6.14. The second kappa shape index (κ2) is 7.91. The molecule has 2 atom stereocenters. The number of aliphatic hydroxyl groups is 1. The Morgan fingerprint density at radius 2 is 2.00 bits per heavy atom. The first-order valence-corrected chi connectivity index (χ1v) is 11.0. The van der Waals surface area contributed by atoms with E-state index in [2.05, 4.69) is 32.5 Å². The molecule has 0 amide bonds. The number of H-pyrrole nitrogens is 1. The topological polar surface area (TPSA) is 104 Å². The van der Waals surface area contributed by atoms with Gasteiger partial charge in [-0.1, -0.05) is 30.3 Å². The van der Waals surface area contributed by atoms with Crippen molar-refractivity contribution in [2.45, 2.75) is 32.0 Å². The number of aliphatic hydroxyl groups excluding tert-OH is 1. The quantitative estimate of drug-likeness (QED) is 0.390. The van der Waals surface area contributed by atoms with Crippen LogP contribution in [0, 0.1) is 6.92 Å². The van der Waals surface area contributed by atoms with Crippen LogP contribution in [0.3, 0.4) is 0 Å². The normalized spacial score (nSPS) is 17.5. The van der Waals surface area contributed by atoms with E-state index in [1.807, 2.05) is 55.6 Å². The first-order chi connectivity index (χ1) is 16.2. The number of hydrogen-bond acceptors (Lipinski definition) is 6. The van der Waals surface area contributed by atoms with E-state index >= 15 is 0 Å². The van der Waals surface area contributed by atoms with Gasteiger partial charge in [-0.2, -0.15) is 5.10 Å². The molecule has 8 nitrogen and oxygen atoms in total. The number of hydrogen-bond donors (Lipinski definition) is 3. The fourth-order valence-electron chi connectivity index (χ4n) is 4.57. The number of nitrogens with one attached hydrogen (secondary N) is 2. The van der Waals surface area contributed by atoms with Crippen molar-refractivity contribution in [3.05, 3.63) is 89.8 Å². The molecule has 0 spiro atoms. The molecule has 6 rings (SSSR count). The summed E-state index contributed by atoms with van der Waals surface area (Å²) in [4.78, 5) is 17.3. The fraction of sp³-hybridized carbons (Fsp3) is 0.200.